The topological polar surface area (TPSA) is 21.3 Å². The Morgan fingerprint density at radius 1 is 1.15 bits per heavy atom. The molecular formula is C18H21NO. The molecule has 0 saturated heterocycles. The molecule has 0 radical (unpaired) electrons. The van der Waals surface area contributed by atoms with Crippen molar-refractivity contribution in [1.82, 2.24) is 0 Å². The van der Waals surface area contributed by atoms with Crippen molar-refractivity contribution in [2.45, 2.75) is 26.2 Å². The summed E-state index contributed by atoms with van der Waals surface area (Å²) in [5.41, 5.74) is 5.19. The average Bonchev–Trinajstić information content (AvgIpc) is 2.46. The number of benzene rings is 2. The molecule has 20 heavy (non-hydrogen) atoms. The molecule has 0 aliphatic carbocycles. The fourth-order valence-electron chi connectivity index (χ4n) is 2.87. The van der Waals surface area contributed by atoms with Gasteiger partial charge in [-0.2, -0.15) is 0 Å². The number of fused-ring (bicyclic) bond motifs is 1. The minimum absolute atomic E-state index is 0.528. The molecule has 3 rings (SSSR count). The zero-order chi connectivity index (χ0) is 13.9. The molecule has 0 aromatic heterocycles. The molecule has 104 valence electrons. The van der Waals surface area contributed by atoms with Gasteiger partial charge in [-0.25, -0.2) is 0 Å². The summed E-state index contributed by atoms with van der Waals surface area (Å²) >= 11 is 0. The van der Waals surface area contributed by atoms with Crippen LogP contribution in [0.4, 0.5) is 5.69 Å². The van der Waals surface area contributed by atoms with E-state index < -0.39 is 0 Å². The molecule has 1 aliphatic heterocycles. The van der Waals surface area contributed by atoms with Crippen molar-refractivity contribution in [3.05, 3.63) is 59.2 Å². The van der Waals surface area contributed by atoms with Crippen LogP contribution in [0.2, 0.25) is 0 Å². The van der Waals surface area contributed by atoms with Gasteiger partial charge < -0.3 is 10.1 Å². The molecule has 1 N–H and O–H groups in total. The first kappa shape index (κ1) is 13.0. The van der Waals surface area contributed by atoms with Crippen LogP contribution in [0.1, 0.15) is 29.0 Å². The van der Waals surface area contributed by atoms with Crippen LogP contribution >= 0.6 is 0 Å². The van der Waals surface area contributed by atoms with E-state index >= 15 is 0 Å². The van der Waals surface area contributed by atoms with E-state index in [9.17, 15) is 0 Å². The molecule has 2 aromatic carbocycles. The lowest BCUT2D eigenvalue weighted by atomic mass is 9.93. The Morgan fingerprint density at radius 2 is 2.00 bits per heavy atom. The predicted molar refractivity (Wildman–Crippen MR) is 83.7 cm³/mol. The van der Waals surface area contributed by atoms with Crippen LogP contribution in [0.25, 0.3) is 0 Å². The minimum Gasteiger partial charge on any atom is -0.493 e. The summed E-state index contributed by atoms with van der Waals surface area (Å²) in [4.78, 5) is 0. The van der Waals surface area contributed by atoms with E-state index in [1.165, 1.54) is 22.4 Å². The maximum Gasteiger partial charge on any atom is 0.122 e. The normalized spacial score (nSPS) is 17.2. The fourth-order valence-corrected chi connectivity index (χ4v) is 2.87. The highest BCUT2D eigenvalue weighted by molar-refractivity contribution is 5.52. The lowest BCUT2D eigenvalue weighted by Gasteiger charge is -2.26. The van der Waals surface area contributed by atoms with E-state index in [4.69, 9.17) is 4.74 Å². The third kappa shape index (κ3) is 2.64. The number of aryl methyl sites for hydroxylation is 2. The van der Waals surface area contributed by atoms with E-state index in [0.29, 0.717) is 5.92 Å². The summed E-state index contributed by atoms with van der Waals surface area (Å²) in [6.07, 6.45) is 1.08. The molecular weight excluding hydrogens is 246 g/mol. The van der Waals surface area contributed by atoms with Crippen LogP contribution in [0.5, 0.6) is 5.75 Å². The Hall–Kier alpha value is -1.96. The van der Waals surface area contributed by atoms with Gasteiger partial charge in [-0.15, -0.1) is 0 Å². The van der Waals surface area contributed by atoms with Crippen LogP contribution in [0, 0.1) is 13.8 Å². The van der Waals surface area contributed by atoms with Crippen molar-refractivity contribution in [3.8, 4) is 5.75 Å². The van der Waals surface area contributed by atoms with E-state index in [0.717, 1.165) is 25.3 Å². The molecule has 1 heterocycles. The Balaban J connectivity index is 1.73. The predicted octanol–water partition coefficient (Wildman–Crippen LogP) is 4.28. The average molecular weight is 267 g/mol. The molecule has 2 aromatic rings. The zero-order valence-corrected chi connectivity index (χ0v) is 12.1. The second-order valence-corrected chi connectivity index (χ2v) is 5.57. The number of rotatable bonds is 3. The minimum atomic E-state index is 0.528. The van der Waals surface area contributed by atoms with Crippen molar-refractivity contribution < 1.29 is 4.74 Å². The highest BCUT2D eigenvalue weighted by atomic mass is 16.5. The highest BCUT2D eigenvalue weighted by Gasteiger charge is 2.20. The SMILES string of the molecule is Cc1ccc(NCC2CCOc3ccccc32)c(C)c1. The van der Waals surface area contributed by atoms with Gasteiger partial charge in [0.25, 0.3) is 0 Å². The van der Waals surface area contributed by atoms with Crippen LogP contribution in [-0.2, 0) is 0 Å². The third-order valence-corrected chi connectivity index (χ3v) is 4.00. The van der Waals surface area contributed by atoms with E-state index in [1.807, 2.05) is 6.07 Å². The Labute approximate surface area is 120 Å². The van der Waals surface area contributed by atoms with Crippen molar-refractivity contribution in [1.29, 1.82) is 0 Å². The first-order valence-electron chi connectivity index (χ1n) is 7.27. The summed E-state index contributed by atoms with van der Waals surface area (Å²) in [6, 6.07) is 14.9. The molecule has 1 aliphatic rings. The molecule has 0 fully saturated rings. The quantitative estimate of drug-likeness (QED) is 0.896. The second-order valence-electron chi connectivity index (χ2n) is 5.57. The fraction of sp³-hybridized carbons (Fsp3) is 0.333. The van der Waals surface area contributed by atoms with Crippen molar-refractivity contribution in [2.24, 2.45) is 0 Å². The molecule has 0 bridgehead atoms. The number of hydrogen-bond acceptors (Lipinski definition) is 2. The summed E-state index contributed by atoms with van der Waals surface area (Å²) in [5, 5.41) is 3.60. The number of para-hydroxylation sites is 1. The Bertz CT molecular complexity index is 606. The largest absolute Gasteiger partial charge is 0.493 e. The first-order chi connectivity index (χ1) is 9.74. The van der Waals surface area contributed by atoms with Crippen LogP contribution in [0.15, 0.2) is 42.5 Å². The number of hydrogen-bond donors (Lipinski definition) is 1. The zero-order valence-electron chi connectivity index (χ0n) is 12.1. The lowest BCUT2D eigenvalue weighted by Crippen LogP contribution is -2.20. The van der Waals surface area contributed by atoms with E-state index in [1.54, 1.807) is 0 Å². The van der Waals surface area contributed by atoms with Crippen molar-refractivity contribution >= 4 is 5.69 Å². The standard InChI is InChI=1S/C18H21NO/c1-13-7-8-17(14(2)11-13)19-12-15-9-10-20-18-6-4-3-5-16(15)18/h3-8,11,15,19H,9-10,12H2,1-2H3. The van der Waals surface area contributed by atoms with Gasteiger partial charge in [0.05, 0.1) is 6.61 Å². The number of anilines is 1. The summed E-state index contributed by atoms with van der Waals surface area (Å²) < 4.78 is 5.72. The van der Waals surface area contributed by atoms with Gasteiger partial charge in [0.15, 0.2) is 0 Å². The molecule has 0 saturated carbocycles. The van der Waals surface area contributed by atoms with Crippen molar-refractivity contribution in [3.63, 3.8) is 0 Å². The molecule has 2 heteroatoms. The molecule has 1 atom stereocenters. The Kier molecular flexibility index (Phi) is 3.64. The van der Waals surface area contributed by atoms with E-state index in [-0.39, 0.29) is 0 Å². The van der Waals surface area contributed by atoms with Gasteiger partial charge in [-0.1, -0.05) is 35.9 Å². The Morgan fingerprint density at radius 3 is 2.85 bits per heavy atom. The molecule has 2 nitrogen and oxygen atoms in total. The lowest BCUT2D eigenvalue weighted by molar-refractivity contribution is 0.270. The van der Waals surface area contributed by atoms with Gasteiger partial charge in [-0.3, -0.25) is 0 Å². The smallest absolute Gasteiger partial charge is 0.122 e. The third-order valence-electron chi connectivity index (χ3n) is 4.00. The monoisotopic (exact) mass is 267 g/mol. The van der Waals surface area contributed by atoms with Crippen LogP contribution in [0.3, 0.4) is 0 Å². The first-order valence-corrected chi connectivity index (χ1v) is 7.27. The number of nitrogens with one attached hydrogen (secondary N) is 1. The number of ether oxygens (including phenoxy) is 1. The van der Waals surface area contributed by atoms with Gasteiger partial charge in [-0.05, 0) is 43.5 Å². The van der Waals surface area contributed by atoms with E-state index in [2.05, 4.69) is 55.6 Å². The molecule has 1 unspecified atom stereocenters. The van der Waals surface area contributed by atoms with Gasteiger partial charge in [0.1, 0.15) is 5.75 Å². The van der Waals surface area contributed by atoms with Gasteiger partial charge in [0.2, 0.25) is 0 Å². The van der Waals surface area contributed by atoms with Crippen LogP contribution in [-0.4, -0.2) is 13.2 Å². The summed E-state index contributed by atoms with van der Waals surface area (Å²) in [6.45, 7) is 6.07. The van der Waals surface area contributed by atoms with Gasteiger partial charge in [0, 0.05) is 18.2 Å². The molecule has 0 spiro atoms. The molecule has 0 amide bonds. The summed E-state index contributed by atoms with van der Waals surface area (Å²) in [5.74, 6) is 1.58. The highest BCUT2D eigenvalue weighted by Crippen LogP contribution is 2.33. The maximum absolute atomic E-state index is 5.72. The second kappa shape index (κ2) is 5.58. The van der Waals surface area contributed by atoms with Crippen molar-refractivity contribution in [2.75, 3.05) is 18.5 Å². The van der Waals surface area contributed by atoms with Crippen LogP contribution < -0.4 is 10.1 Å². The maximum atomic E-state index is 5.72. The summed E-state index contributed by atoms with van der Waals surface area (Å²) in [7, 11) is 0. The van der Waals surface area contributed by atoms with Gasteiger partial charge >= 0.3 is 0 Å².